The smallest absolute Gasteiger partial charge is 0.227 e. The molecule has 0 bridgehead atoms. The minimum Gasteiger partial charge on any atom is -0.227 e. The lowest BCUT2D eigenvalue weighted by atomic mass is 10.3. The van der Waals surface area contributed by atoms with Crippen molar-refractivity contribution in [2.24, 2.45) is 0 Å². The molecule has 0 amide bonds. The predicted octanol–water partition coefficient (Wildman–Crippen LogP) is 2.47. The monoisotopic (exact) mass is 262 g/mol. The summed E-state index contributed by atoms with van der Waals surface area (Å²) in [6.07, 6.45) is 0. The van der Waals surface area contributed by atoms with Gasteiger partial charge in [0.2, 0.25) is 0 Å². The van der Waals surface area contributed by atoms with E-state index in [0.29, 0.717) is 10.7 Å². The first kappa shape index (κ1) is 9.68. The van der Waals surface area contributed by atoms with Crippen LogP contribution in [0, 0.1) is 17.9 Å². The van der Waals surface area contributed by atoms with Crippen LogP contribution in [0.4, 0.5) is 0 Å². The van der Waals surface area contributed by atoms with Gasteiger partial charge >= 0.3 is 0 Å². The normalized spacial score (nSPS) is 7.60. The number of nitrogens with zero attached hydrogens (tertiary/aromatic N) is 2. The Hall–Kier alpha value is -0.320. The van der Waals surface area contributed by atoms with Gasteiger partial charge < -0.3 is 0 Å². The van der Waals surface area contributed by atoms with Crippen molar-refractivity contribution in [1.29, 1.82) is 5.26 Å². The van der Waals surface area contributed by atoms with E-state index in [-0.39, 0.29) is 5.70 Å². The Balaban J connectivity index is 4.62. The highest BCUT2D eigenvalue weighted by Gasteiger charge is 2.01. The summed E-state index contributed by atoms with van der Waals surface area (Å²) in [6, 6.07) is 1.82. The molecule has 2 nitrogen and oxygen atoms in total. The van der Waals surface area contributed by atoms with Crippen molar-refractivity contribution >= 4 is 31.9 Å². The first-order chi connectivity index (χ1) is 4.79. The molecule has 0 saturated carbocycles. The summed E-state index contributed by atoms with van der Waals surface area (Å²) in [4.78, 5) is 3.06. The second kappa shape index (κ2) is 5.46. The Labute approximate surface area is 76.6 Å². The number of halogens is 2. The summed E-state index contributed by atoms with van der Waals surface area (Å²) in [5.41, 5.74) is 0.964. The van der Waals surface area contributed by atoms with E-state index in [0.717, 1.165) is 5.57 Å². The second-order valence-electron chi connectivity index (χ2n) is 1.44. The summed E-state index contributed by atoms with van der Waals surface area (Å²) < 4.78 is 0. The molecule has 0 aromatic heterocycles. The average molecular weight is 264 g/mol. The second-order valence-corrected chi connectivity index (χ2v) is 2.56. The third kappa shape index (κ3) is 2.51. The Morgan fingerprint density at radius 2 is 2.00 bits per heavy atom. The van der Waals surface area contributed by atoms with Crippen LogP contribution in [0.1, 0.15) is 0 Å². The molecule has 4 heteroatoms. The molecule has 0 aliphatic carbocycles. The highest BCUT2D eigenvalue weighted by Crippen LogP contribution is 2.10. The number of hydrogen-bond donors (Lipinski definition) is 0. The highest BCUT2D eigenvalue weighted by atomic mass is 79.9. The highest BCUT2D eigenvalue weighted by molar-refractivity contribution is 9.10. The quantitative estimate of drug-likeness (QED) is 0.427. The van der Waals surface area contributed by atoms with E-state index in [1.165, 1.54) is 0 Å². The fourth-order valence-corrected chi connectivity index (χ4v) is 1.81. The molecular formula is C6H4Br2N2. The molecule has 52 valence electrons. The van der Waals surface area contributed by atoms with Crippen LogP contribution in [0.3, 0.4) is 0 Å². The molecule has 0 saturated heterocycles. The lowest BCUT2D eigenvalue weighted by molar-refractivity contribution is 1.38. The van der Waals surface area contributed by atoms with Gasteiger partial charge in [-0.05, 0) is 5.57 Å². The Kier molecular flexibility index (Phi) is 5.29. The third-order valence-corrected chi connectivity index (χ3v) is 2.23. The van der Waals surface area contributed by atoms with E-state index in [1.54, 1.807) is 0 Å². The van der Waals surface area contributed by atoms with Crippen molar-refractivity contribution in [3.8, 4) is 6.07 Å². The van der Waals surface area contributed by atoms with Gasteiger partial charge in [0.1, 0.15) is 0 Å². The number of nitriles is 1. The summed E-state index contributed by atoms with van der Waals surface area (Å²) >= 11 is 6.35. The molecule has 0 aromatic rings. The molecule has 0 rings (SSSR count). The van der Waals surface area contributed by atoms with Crippen molar-refractivity contribution in [3.05, 3.63) is 22.7 Å². The minimum atomic E-state index is 0.175. The molecular weight excluding hydrogens is 260 g/mol. The van der Waals surface area contributed by atoms with Gasteiger partial charge in [0.15, 0.2) is 0 Å². The predicted molar refractivity (Wildman–Crippen MR) is 46.8 cm³/mol. The van der Waals surface area contributed by atoms with E-state index < -0.39 is 0 Å². The first-order valence-corrected chi connectivity index (χ1v) is 4.66. The summed E-state index contributed by atoms with van der Waals surface area (Å²) in [6.45, 7) is 6.60. The fourth-order valence-electron chi connectivity index (χ4n) is 0.345. The van der Waals surface area contributed by atoms with Gasteiger partial charge in [-0.2, -0.15) is 0 Å². The summed E-state index contributed by atoms with van der Waals surface area (Å²) in [7, 11) is 0. The summed E-state index contributed by atoms with van der Waals surface area (Å²) in [5.74, 6) is 0. The zero-order chi connectivity index (χ0) is 7.98. The van der Waals surface area contributed by atoms with E-state index in [2.05, 4.69) is 36.7 Å². The van der Waals surface area contributed by atoms with Gasteiger partial charge in [-0.25, -0.2) is 10.1 Å². The fraction of sp³-hybridized carbons (Fsp3) is 0.333. The van der Waals surface area contributed by atoms with Crippen molar-refractivity contribution in [3.63, 3.8) is 0 Å². The maximum absolute atomic E-state index is 8.40. The van der Waals surface area contributed by atoms with E-state index >= 15 is 0 Å². The van der Waals surface area contributed by atoms with Crippen LogP contribution in [-0.4, -0.2) is 10.7 Å². The topological polar surface area (TPSA) is 28.1 Å². The lowest BCUT2D eigenvalue weighted by Gasteiger charge is -1.94. The first-order valence-electron chi connectivity index (χ1n) is 2.41. The Morgan fingerprint density at radius 3 is 2.10 bits per heavy atom. The van der Waals surface area contributed by atoms with E-state index in [9.17, 15) is 0 Å². The standard InChI is InChI=1S/C6H4Br2N2/c1-10-6(4-9)5(2-7)3-8/h2-3H2. The summed E-state index contributed by atoms with van der Waals surface area (Å²) in [5, 5.41) is 9.54. The van der Waals surface area contributed by atoms with Crippen LogP contribution in [0.25, 0.3) is 4.85 Å². The molecule has 0 unspecified atom stereocenters. The molecule has 0 aromatic carbocycles. The molecule has 0 aliphatic heterocycles. The molecule has 0 fully saturated rings. The van der Waals surface area contributed by atoms with Crippen molar-refractivity contribution in [2.75, 3.05) is 10.7 Å². The Bertz CT molecular complexity index is 197. The third-order valence-electron chi connectivity index (χ3n) is 0.875. The van der Waals surface area contributed by atoms with Crippen LogP contribution in [-0.2, 0) is 0 Å². The minimum absolute atomic E-state index is 0.175. The van der Waals surface area contributed by atoms with Gasteiger partial charge in [-0.3, -0.25) is 0 Å². The van der Waals surface area contributed by atoms with Gasteiger partial charge in [0, 0.05) is 10.7 Å². The van der Waals surface area contributed by atoms with Crippen molar-refractivity contribution in [2.45, 2.75) is 0 Å². The number of allylic oxidation sites excluding steroid dienone is 2. The average Bonchev–Trinajstić information content (AvgIpc) is 2.00. The van der Waals surface area contributed by atoms with Crippen molar-refractivity contribution in [1.82, 2.24) is 0 Å². The number of alkyl halides is 2. The number of rotatable bonds is 2. The van der Waals surface area contributed by atoms with Crippen LogP contribution in [0.2, 0.25) is 0 Å². The molecule has 0 atom stereocenters. The molecule has 0 radical (unpaired) electrons. The maximum Gasteiger partial charge on any atom is 0.262 e. The molecule has 0 aliphatic rings. The van der Waals surface area contributed by atoms with Gasteiger partial charge in [-0.1, -0.05) is 31.9 Å². The van der Waals surface area contributed by atoms with Crippen LogP contribution in [0.15, 0.2) is 11.3 Å². The SMILES string of the molecule is [C-]#[N+]C(C#N)=C(CBr)CBr. The molecule has 0 heterocycles. The van der Waals surface area contributed by atoms with Crippen molar-refractivity contribution < 1.29 is 0 Å². The Morgan fingerprint density at radius 1 is 1.50 bits per heavy atom. The lowest BCUT2D eigenvalue weighted by Crippen LogP contribution is -1.88. The maximum atomic E-state index is 8.40. The number of hydrogen-bond acceptors (Lipinski definition) is 1. The zero-order valence-electron chi connectivity index (χ0n) is 5.06. The molecule has 0 N–H and O–H groups in total. The van der Waals surface area contributed by atoms with E-state index in [4.69, 9.17) is 11.8 Å². The van der Waals surface area contributed by atoms with Crippen LogP contribution < -0.4 is 0 Å². The largest absolute Gasteiger partial charge is 0.262 e. The van der Waals surface area contributed by atoms with E-state index in [1.807, 2.05) is 6.07 Å². The molecule has 10 heavy (non-hydrogen) atoms. The van der Waals surface area contributed by atoms with Gasteiger partial charge in [-0.15, -0.1) is 0 Å². The van der Waals surface area contributed by atoms with Crippen LogP contribution in [0.5, 0.6) is 0 Å². The molecule has 0 spiro atoms. The van der Waals surface area contributed by atoms with Gasteiger partial charge in [0.05, 0.1) is 12.6 Å². The van der Waals surface area contributed by atoms with Gasteiger partial charge in [0.25, 0.3) is 5.70 Å². The van der Waals surface area contributed by atoms with Crippen LogP contribution >= 0.6 is 31.9 Å². The zero-order valence-corrected chi connectivity index (χ0v) is 8.24.